The lowest BCUT2D eigenvalue weighted by Gasteiger charge is -2.33. The first kappa shape index (κ1) is 13.5. The van der Waals surface area contributed by atoms with Gasteiger partial charge >= 0.3 is 5.97 Å². The van der Waals surface area contributed by atoms with Gasteiger partial charge in [0.1, 0.15) is 0 Å². The molecule has 2 unspecified atom stereocenters. The van der Waals surface area contributed by atoms with Gasteiger partial charge in [-0.25, -0.2) is 0 Å². The van der Waals surface area contributed by atoms with E-state index in [1.807, 2.05) is 0 Å². The van der Waals surface area contributed by atoms with Crippen molar-refractivity contribution in [1.29, 1.82) is 0 Å². The van der Waals surface area contributed by atoms with Gasteiger partial charge in [-0.05, 0) is 12.3 Å². The standard InChI is InChI=1S/C12H23NO3/c1-3-4-10(2)8-13-5-6-16-11(9-13)7-12(14)15/h10-11H,3-9H2,1-2H3,(H,14,15). The van der Waals surface area contributed by atoms with Crippen LogP contribution in [0.2, 0.25) is 0 Å². The molecule has 94 valence electrons. The highest BCUT2D eigenvalue weighted by Gasteiger charge is 2.23. The first-order valence-corrected chi connectivity index (χ1v) is 6.17. The van der Waals surface area contributed by atoms with Crippen LogP contribution in [0, 0.1) is 5.92 Å². The molecule has 0 radical (unpaired) electrons. The lowest BCUT2D eigenvalue weighted by atomic mass is 10.0. The number of aliphatic carboxylic acids is 1. The second-order valence-electron chi connectivity index (χ2n) is 4.74. The average molecular weight is 229 g/mol. The zero-order chi connectivity index (χ0) is 12.0. The number of nitrogens with zero attached hydrogens (tertiary/aromatic N) is 1. The Kier molecular flexibility index (Phi) is 5.77. The highest BCUT2D eigenvalue weighted by Crippen LogP contribution is 2.13. The van der Waals surface area contributed by atoms with Gasteiger partial charge in [0.25, 0.3) is 0 Å². The van der Waals surface area contributed by atoms with Crippen LogP contribution in [0.15, 0.2) is 0 Å². The van der Waals surface area contributed by atoms with E-state index in [4.69, 9.17) is 9.84 Å². The predicted octanol–water partition coefficient (Wildman–Crippen LogP) is 1.60. The monoisotopic (exact) mass is 229 g/mol. The molecule has 0 amide bonds. The first-order valence-electron chi connectivity index (χ1n) is 6.17. The topological polar surface area (TPSA) is 49.8 Å². The summed E-state index contributed by atoms with van der Waals surface area (Å²) in [5, 5.41) is 8.72. The van der Waals surface area contributed by atoms with Gasteiger partial charge in [0.2, 0.25) is 0 Å². The van der Waals surface area contributed by atoms with Crippen LogP contribution in [-0.2, 0) is 9.53 Å². The van der Waals surface area contributed by atoms with Gasteiger partial charge in [0, 0.05) is 19.6 Å². The largest absolute Gasteiger partial charge is 0.481 e. The quantitative estimate of drug-likeness (QED) is 0.751. The lowest BCUT2D eigenvalue weighted by molar-refractivity contribution is -0.142. The molecule has 0 aliphatic carbocycles. The maximum atomic E-state index is 10.6. The van der Waals surface area contributed by atoms with Crippen LogP contribution >= 0.6 is 0 Å². The van der Waals surface area contributed by atoms with Gasteiger partial charge in [-0.1, -0.05) is 20.3 Å². The Hall–Kier alpha value is -0.610. The molecule has 0 aromatic carbocycles. The third-order valence-electron chi connectivity index (χ3n) is 2.98. The van der Waals surface area contributed by atoms with E-state index in [1.165, 1.54) is 12.8 Å². The van der Waals surface area contributed by atoms with E-state index in [2.05, 4.69) is 18.7 Å². The summed E-state index contributed by atoms with van der Waals surface area (Å²) in [6.07, 6.45) is 2.45. The molecule has 4 heteroatoms. The summed E-state index contributed by atoms with van der Waals surface area (Å²) in [6, 6.07) is 0. The van der Waals surface area contributed by atoms with Gasteiger partial charge < -0.3 is 9.84 Å². The second kappa shape index (κ2) is 6.86. The maximum absolute atomic E-state index is 10.6. The average Bonchev–Trinajstić information content (AvgIpc) is 2.17. The summed E-state index contributed by atoms with van der Waals surface area (Å²) in [6.45, 7) is 7.88. The molecule has 2 atom stereocenters. The third-order valence-corrected chi connectivity index (χ3v) is 2.98. The van der Waals surface area contributed by atoms with Gasteiger partial charge in [-0.3, -0.25) is 9.69 Å². The summed E-state index contributed by atoms with van der Waals surface area (Å²) in [5.41, 5.74) is 0. The predicted molar refractivity (Wildman–Crippen MR) is 62.5 cm³/mol. The van der Waals surface area contributed by atoms with Gasteiger partial charge in [0.05, 0.1) is 19.1 Å². The molecule has 0 bridgehead atoms. The minimum Gasteiger partial charge on any atom is -0.481 e. The zero-order valence-corrected chi connectivity index (χ0v) is 10.3. The molecule has 1 heterocycles. The molecule has 4 nitrogen and oxygen atoms in total. The van der Waals surface area contributed by atoms with Crippen molar-refractivity contribution in [3.05, 3.63) is 0 Å². The second-order valence-corrected chi connectivity index (χ2v) is 4.74. The van der Waals surface area contributed by atoms with Crippen molar-refractivity contribution in [3.8, 4) is 0 Å². The van der Waals surface area contributed by atoms with Crippen molar-refractivity contribution in [2.24, 2.45) is 5.92 Å². The Bertz CT molecular complexity index is 220. The number of carbonyl (C=O) groups is 1. The maximum Gasteiger partial charge on any atom is 0.306 e. The Morgan fingerprint density at radius 3 is 3.00 bits per heavy atom. The molecule has 0 aromatic rings. The van der Waals surface area contributed by atoms with Crippen LogP contribution in [0.1, 0.15) is 33.1 Å². The Labute approximate surface area is 97.6 Å². The van der Waals surface area contributed by atoms with Crippen LogP contribution in [0.3, 0.4) is 0 Å². The van der Waals surface area contributed by atoms with Crippen LogP contribution in [0.4, 0.5) is 0 Å². The smallest absolute Gasteiger partial charge is 0.306 e. The van der Waals surface area contributed by atoms with Crippen molar-refractivity contribution >= 4 is 5.97 Å². The Morgan fingerprint density at radius 1 is 1.62 bits per heavy atom. The fourth-order valence-electron chi connectivity index (χ4n) is 2.29. The fraction of sp³-hybridized carbons (Fsp3) is 0.917. The number of hydrogen-bond acceptors (Lipinski definition) is 3. The minimum absolute atomic E-state index is 0.124. The lowest BCUT2D eigenvalue weighted by Crippen LogP contribution is -2.44. The summed E-state index contributed by atoms with van der Waals surface area (Å²) >= 11 is 0. The van der Waals surface area contributed by atoms with E-state index in [9.17, 15) is 4.79 Å². The van der Waals surface area contributed by atoms with Crippen molar-refractivity contribution in [3.63, 3.8) is 0 Å². The molecule has 0 saturated carbocycles. The van der Waals surface area contributed by atoms with Crippen molar-refractivity contribution < 1.29 is 14.6 Å². The van der Waals surface area contributed by atoms with Crippen molar-refractivity contribution in [2.45, 2.75) is 39.2 Å². The molecule has 1 aliphatic rings. The van der Waals surface area contributed by atoms with Gasteiger partial charge in [-0.15, -0.1) is 0 Å². The number of ether oxygens (including phenoxy) is 1. The highest BCUT2D eigenvalue weighted by molar-refractivity contribution is 5.67. The molecule has 1 saturated heterocycles. The summed E-state index contributed by atoms with van der Waals surface area (Å²) < 4.78 is 5.44. The van der Waals surface area contributed by atoms with Gasteiger partial charge in [0.15, 0.2) is 0 Å². The Balaban J connectivity index is 2.29. The molecular formula is C12H23NO3. The number of morpholine rings is 1. The third kappa shape index (κ3) is 4.94. The molecular weight excluding hydrogens is 206 g/mol. The van der Waals surface area contributed by atoms with E-state index in [-0.39, 0.29) is 12.5 Å². The number of hydrogen-bond donors (Lipinski definition) is 1. The van der Waals surface area contributed by atoms with E-state index < -0.39 is 5.97 Å². The van der Waals surface area contributed by atoms with Gasteiger partial charge in [-0.2, -0.15) is 0 Å². The fourth-order valence-corrected chi connectivity index (χ4v) is 2.29. The molecule has 16 heavy (non-hydrogen) atoms. The van der Waals surface area contributed by atoms with Crippen LogP contribution < -0.4 is 0 Å². The number of carboxylic acid groups (broad SMARTS) is 1. The number of rotatable bonds is 6. The molecule has 1 fully saturated rings. The normalized spacial score (nSPS) is 24.2. The zero-order valence-electron chi connectivity index (χ0n) is 10.3. The summed E-state index contributed by atoms with van der Waals surface area (Å²) in [4.78, 5) is 12.9. The molecule has 0 spiro atoms. The van der Waals surface area contributed by atoms with E-state index in [1.54, 1.807) is 0 Å². The van der Waals surface area contributed by atoms with Crippen LogP contribution in [0.25, 0.3) is 0 Å². The minimum atomic E-state index is -0.770. The summed E-state index contributed by atoms with van der Waals surface area (Å²) in [5.74, 6) is -0.0814. The van der Waals surface area contributed by atoms with Crippen LogP contribution in [0.5, 0.6) is 0 Å². The van der Waals surface area contributed by atoms with E-state index >= 15 is 0 Å². The Morgan fingerprint density at radius 2 is 2.38 bits per heavy atom. The van der Waals surface area contributed by atoms with Crippen molar-refractivity contribution in [2.75, 3.05) is 26.2 Å². The molecule has 1 aliphatic heterocycles. The first-order chi connectivity index (χ1) is 7.61. The SMILES string of the molecule is CCCC(C)CN1CCOC(CC(=O)O)C1. The van der Waals surface area contributed by atoms with Crippen molar-refractivity contribution in [1.82, 2.24) is 4.90 Å². The highest BCUT2D eigenvalue weighted by atomic mass is 16.5. The van der Waals surface area contributed by atoms with E-state index in [0.29, 0.717) is 12.5 Å². The van der Waals surface area contributed by atoms with Crippen LogP contribution in [-0.4, -0.2) is 48.3 Å². The molecule has 0 aromatic heterocycles. The molecule has 1 N–H and O–H groups in total. The molecule has 1 rings (SSSR count). The summed E-state index contributed by atoms with van der Waals surface area (Å²) in [7, 11) is 0. The number of carboxylic acids is 1. The van der Waals surface area contributed by atoms with E-state index in [0.717, 1.165) is 19.6 Å².